The molecule has 0 saturated carbocycles. The molecule has 0 spiro atoms. The number of phosphoric ester groups is 1. The maximum absolute atomic E-state index is 12.6. The molecule has 55 heavy (non-hydrogen) atoms. The zero-order valence-electron chi connectivity index (χ0n) is 34.5. The largest absolute Gasteiger partial charge is 0.480 e. The van der Waals surface area contributed by atoms with Crippen molar-refractivity contribution in [3.8, 4) is 0 Å². The number of hydrogen-bond donors (Lipinski definition) is 3. The number of unbranched alkanes of at least 4 members (excludes halogenated alkanes) is 20. The van der Waals surface area contributed by atoms with Crippen LogP contribution in [0.1, 0.15) is 187 Å². The van der Waals surface area contributed by atoms with E-state index in [9.17, 15) is 23.8 Å². The van der Waals surface area contributed by atoms with Gasteiger partial charge >= 0.3 is 25.7 Å². The van der Waals surface area contributed by atoms with Gasteiger partial charge in [0.1, 0.15) is 12.6 Å². The van der Waals surface area contributed by atoms with Crippen LogP contribution in [0.3, 0.4) is 0 Å². The Morgan fingerprint density at radius 1 is 0.564 bits per heavy atom. The lowest BCUT2D eigenvalue weighted by Gasteiger charge is -2.20. The zero-order chi connectivity index (χ0) is 40.7. The minimum absolute atomic E-state index is 0.153. The molecule has 1 unspecified atom stereocenters. The maximum Gasteiger partial charge on any atom is 0.472 e. The van der Waals surface area contributed by atoms with E-state index in [0.717, 1.165) is 77.0 Å². The number of esters is 2. The van der Waals surface area contributed by atoms with E-state index in [1.807, 2.05) is 0 Å². The smallest absolute Gasteiger partial charge is 0.472 e. The van der Waals surface area contributed by atoms with Gasteiger partial charge in [0.15, 0.2) is 6.10 Å². The molecule has 320 valence electrons. The molecule has 0 aromatic carbocycles. The molecule has 0 aromatic rings. The van der Waals surface area contributed by atoms with E-state index >= 15 is 0 Å². The fourth-order valence-corrected chi connectivity index (χ4v) is 6.44. The Morgan fingerprint density at radius 2 is 0.982 bits per heavy atom. The number of rotatable bonds is 40. The molecule has 0 bridgehead atoms. The number of hydrogen-bond acceptors (Lipinski definition) is 9. The van der Waals surface area contributed by atoms with Gasteiger partial charge in [-0.15, -0.1) is 0 Å². The first kappa shape index (κ1) is 52.7. The highest BCUT2D eigenvalue weighted by atomic mass is 31.2. The Labute approximate surface area is 333 Å². The average molecular weight is 800 g/mol. The van der Waals surface area contributed by atoms with Gasteiger partial charge in [0.25, 0.3) is 0 Å². The molecule has 11 nitrogen and oxygen atoms in total. The predicted octanol–water partition coefficient (Wildman–Crippen LogP) is 11.2. The van der Waals surface area contributed by atoms with Gasteiger partial charge in [-0.1, -0.05) is 147 Å². The van der Waals surface area contributed by atoms with Crippen LogP contribution in [-0.4, -0.2) is 59.9 Å². The fourth-order valence-electron chi connectivity index (χ4n) is 5.66. The van der Waals surface area contributed by atoms with Gasteiger partial charge in [0.05, 0.1) is 13.2 Å². The SMILES string of the molecule is CCCC/C=C\C/C=C\CCCCCCCC(=O)OC[C@H](COP(=O)(O)OC[C@H](N)C(=O)O)OC(=O)CCCCCCCCC/C=C\CCCCCCCC. The van der Waals surface area contributed by atoms with Crippen molar-refractivity contribution >= 4 is 25.7 Å². The highest BCUT2D eigenvalue weighted by molar-refractivity contribution is 7.47. The average Bonchev–Trinajstić information content (AvgIpc) is 3.16. The lowest BCUT2D eigenvalue weighted by Crippen LogP contribution is -2.34. The summed E-state index contributed by atoms with van der Waals surface area (Å²) in [6, 6.07) is -1.52. The molecule has 0 aliphatic rings. The summed E-state index contributed by atoms with van der Waals surface area (Å²) in [7, 11) is -4.72. The summed E-state index contributed by atoms with van der Waals surface area (Å²) in [6.45, 7) is 2.74. The van der Waals surface area contributed by atoms with Crippen molar-refractivity contribution in [1.82, 2.24) is 0 Å². The molecule has 3 atom stereocenters. The van der Waals surface area contributed by atoms with E-state index in [0.29, 0.717) is 12.8 Å². The molecular formula is C43H78NO10P. The van der Waals surface area contributed by atoms with E-state index in [1.54, 1.807) is 0 Å². The minimum Gasteiger partial charge on any atom is -0.480 e. The maximum atomic E-state index is 12.6. The quantitative estimate of drug-likeness (QED) is 0.0233. The first-order valence-electron chi connectivity index (χ1n) is 21.5. The molecule has 0 aliphatic carbocycles. The number of ether oxygens (including phenoxy) is 2. The Balaban J connectivity index is 4.39. The van der Waals surface area contributed by atoms with Gasteiger partial charge in [-0.2, -0.15) is 0 Å². The molecule has 0 aliphatic heterocycles. The third-order valence-corrected chi connectivity index (χ3v) is 10.1. The third kappa shape index (κ3) is 38.4. The number of phosphoric acid groups is 1. The number of nitrogens with two attached hydrogens (primary N) is 1. The topological polar surface area (TPSA) is 172 Å². The second-order valence-electron chi connectivity index (χ2n) is 14.5. The van der Waals surface area contributed by atoms with Crippen molar-refractivity contribution in [1.29, 1.82) is 0 Å². The molecule has 0 fully saturated rings. The molecule has 4 N–H and O–H groups in total. The van der Waals surface area contributed by atoms with Gasteiger partial charge < -0.3 is 25.2 Å². The summed E-state index contributed by atoms with van der Waals surface area (Å²) in [5.74, 6) is -2.40. The summed E-state index contributed by atoms with van der Waals surface area (Å²) in [5.41, 5.74) is 5.33. The number of carbonyl (C=O) groups excluding carboxylic acids is 2. The Hall–Kier alpha value is -2.30. The Morgan fingerprint density at radius 3 is 1.49 bits per heavy atom. The summed E-state index contributed by atoms with van der Waals surface area (Å²) in [4.78, 5) is 45.9. The highest BCUT2D eigenvalue weighted by Gasteiger charge is 2.28. The Bertz CT molecular complexity index is 1080. The van der Waals surface area contributed by atoms with Crippen molar-refractivity contribution < 1.29 is 47.5 Å². The van der Waals surface area contributed by atoms with Gasteiger partial charge in [-0.3, -0.25) is 23.4 Å². The minimum atomic E-state index is -4.72. The van der Waals surface area contributed by atoms with Gasteiger partial charge in [-0.05, 0) is 64.2 Å². The first-order chi connectivity index (χ1) is 26.6. The van der Waals surface area contributed by atoms with Gasteiger partial charge in [0, 0.05) is 12.8 Å². The molecule has 0 saturated heterocycles. The van der Waals surface area contributed by atoms with Crippen LogP contribution in [0.25, 0.3) is 0 Å². The monoisotopic (exact) mass is 800 g/mol. The van der Waals surface area contributed by atoms with Crippen molar-refractivity contribution in [2.24, 2.45) is 5.73 Å². The number of allylic oxidation sites excluding steroid dienone is 6. The third-order valence-electron chi connectivity index (χ3n) is 9.11. The summed E-state index contributed by atoms with van der Waals surface area (Å²) in [6.07, 6.45) is 40.6. The van der Waals surface area contributed by atoms with Crippen LogP contribution in [-0.2, 0) is 37.5 Å². The fraction of sp³-hybridized carbons (Fsp3) is 0.791. The van der Waals surface area contributed by atoms with Crippen molar-refractivity contribution in [3.63, 3.8) is 0 Å². The summed E-state index contributed by atoms with van der Waals surface area (Å²) >= 11 is 0. The van der Waals surface area contributed by atoms with Crippen LogP contribution < -0.4 is 5.73 Å². The normalized spacial score (nSPS) is 14.1. The Kier molecular flexibility index (Phi) is 37.0. The molecule has 0 radical (unpaired) electrons. The van der Waals surface area contributed by atoms with E-state index in [1.165, 1.54) is 70.6 Å². The molecule has 12 heteroatoms. The van der Waals surface area contributed by atoms with Crippen LogP contribution in [0.5, 0.6) is 0 Å². The van der Waals surface area contributed by atoms with Crippen molar-refractivity contribution in [2.75, 3.05) is 19.8 Å². The number of carboxylic acid groups (broad SMARTS) is 1. The standard InChI is InChI=1S/C43H78NO10P/c1-3-5-7-9-11-13-15-17-19-20-21-23-25-27-29-31-33-35-42(46)54-39(37-52-55(49,50)53-38-40(44)43(47)48)36-51-41(45)34-32-30-28-26-24-22-18-16-14-12-10-8-6-4-2/h10,12,16-19,39-40H,3-9,11,13-15,20-38,44H2,1-2H3,(H,47,48)(H,49,50)/b12-10-,18-16-,19-17-/t39-,40+/m1/s1. The predicted molar refractivity (Wildman–Crippen MR) is 222 cm³/mol. The molecule has 0 aromatic heterocycles. The molecule has 0 heterocycles. The van der Waals surface area contributed by atoms with E-state index in [4.69, 9.17) is 24.8 Å². The first-order valence-corrected chi connectivity index (χ1v) is 23.0. The number of carboxylic acids is 1. The highest BCUT2D eigenvalue weighted by Crippen LogP contribution is 2.43. The zero-order valence-corrected chi connectivity index (χ0v) is 35.4. The summed E-state index contributed by atoms with van der Waals surface area (Å²) in [5, 5.41) is 8.88. The lowest BCUT2D eigenvalue weighted by atomic mass is 10.1. The van der Waals surface area contributed by atoms with Crippen LogP contribution in [0.4, 0.5) is 0 Å². The number of carbonyl (C=O) groups is 3. The van der Waals surface area contributed by atoms with Crippen LogP contribution in [0, 0.1) is 0 Å². The van der Waals surface area contributed by atoms with E-state index in [-0.39, 0.29) is 19.4 Å². The lowest BCUT2D eigenvalue weighted by molar-refractivity contribution is -0.161. The van der Waals surface area contributed by atoms with Crippen LogP contribution in [0.15, 0.2) is 36.5 Å². The van der Waals surface area contributed by atoms with Crippen LogP contribution >= 0.6 is 7.82 Å². The molecular weight excluding hydrogens is 721 g/mol. The van der Waals surface area contributed by atoms with Crippen LogP contribution in [0.2, 0.25) is 0 Å². The van der Waals surface area contributed by atoms with E-state index in [2.05, 4.69) is 54.8 Å². The number of aliphatic carboxylic acids is 1. The molecule has 0 amide bonds. The van der Waals surface area contributed by atoms with E-state index < -0.39 is 51.1 Å². The second kappa shape index (κ2) is 38.6. The van der Waals surface area contributed by atoms with Gasteiger partial charge in [-0.25, -0.2) is 4.57 Å². The summed E-state index contributed by atoms with van der Waals surface area (Å²) < 4.78 is 32.7. The molecule has 0 rings (SSSR count). The van der Waals surface area contributed by atoms with Gasteiger partial charge in [0.2, 0.25) is 0 Å². The van der Waals surface area contributed by atoms with Crippen molar-refractivity contribution in [3.05, 3.63) is 36.5 Å². The second-order valence-corrected chi connectivity index (χ2v) is 15.9. The van der Waals surface area contributed by atoms with Crippen molar-refractivity contribution in [2.45, 2.75) is 199 Å².